The van der Waals surface area contributed by atoms with Crippen LogP contribution in [0.5, 0.6) is 0 Å². The zero-order chi connectivity index (χ0) is 14.8. The first kappa shape index (κ1) is 18.4. The average Bonchev–Trinajstić information content (AvgIpc) is 2.29. The largest absolute Gasteiger partial charge is 0.500 e. The second-order valence-electron chi connectivity index (χ2n) is 3.54. The van der Waals surface area contributed by atoms with Gasteiger partial charge in [-0.3, -0.25) is 0 Å². The van der Waals surface area contributed by atoms with E-state index < -0.39 is 18.8 Å². The van der Waals surface area contributed by atoms with Crippen molar-refractivity contribution < 1.29 is 21.7 Å². The van der Waals surface area contributed by atoms with Gasteiger partial charge in [0.05, 0.1) is 5.75 Å². The Morgan fingerprint density at radius 2 is 1.58 bits per heavy atom. The molecule has 8 nitrogen and oxygen atoms in total. The van der Waals surface area contributed by atoms with Crippen LogP contribution in [-0.2, 0) is 23.3 Å². The van der Waals surface area contributed by atoms with Gasteiger partial charge in [-0.15, -0.1) is 0 Å². The smallest absolute Gasteiger partial charge is 0.374 e. The molecule has 0 aliphatic heterocycles. The molecular weight excluding hydrogens is 290 g/mol. The Kier molecular flexibility index (Phi) is 8.98. The molecule has 0 amide bonds. The average molecular weight is 311 g/mol. The van der Waals surface area contributed by atoms with E-state index in [1.165, 1.54) is 0 Å². The van der Waals surface area contributed by atoms with Crippen LogP contribution >= 0.6 is 0 Å². The standard InChI is InChI=1S/C9H21N3O5SSi/c1-4-15-19(16-5-2,17-6-3)9-7-8-18(13,14)12-11-10/h4-9H2,1-3H3. The van der Waals surface area contributed by atoms with E-state index in [4.69, 9.17) is 18.8 Å². The molecule has 112 valence electrons. The van der Waals surface area contributed by atoms with E-state index in [2.05, 4.69) is 9.43 Å². The number of hydrogen-bond acceptors (Lipinski definition) is 5. The van der Waals surface area contributed by atoms with E-state index in [-0.39, 0.29) is 12.2 Å². The van der Waals surface area contributed by atoms with Gasteiger partial charge in [0.2, 0.25) is 10.0 Å². The topological polar surface area (TPSA) is 111 Å². The van der Waals surface area contributed by atoms with Crippen molar-refractivity contribution in [1.29, 1.82) is 0 Å². The summed E-state index contributed by atoms with van der Waals surface area (Å²) in [7, 11) is -6.55. The zero-order valence-corrected chi connectivity index (χ0v) is 13.4. The highest BCUT2D eigenvalue weighted by atomic mass is 32.2. The van der Waals surface area contributed by atoms with Crippen LogP contribution in [-0.4, -0.2) is 42.8 Å². The van der Waals surface area contributed by atoms with Gasteiger partial charge in [-0.05, 0) is 32.7 Å². The van der Waals surface area contributed by atoms with Crippen LogP contribution < -0.4 is 0 Å². The van der Waals surface area contributed by atoms with Crippen molar-refractivity contribution >= 4 is 18.8 Å². The fraction of sp³-hybridized carbons (Fsp3) is 1.00. The fourth-order valence-electron chi connectivity index (χ4n) is 1.57. The molecule has 0 rings (SSSR count). The second-order valence-corrected chi connectivity index (χ2v) is 8.01. The highest BCUT2D eigenvalue weighted by molar-refractivity contribution is 7.89. The molecule has 10 heteroatoms. The molecule has 0 unspecified atom stereocenters. The summed E-state index contributed by atoms with van der Waals surface area (Å²) in [5.41, 5.74) is 8.13. The SMILES string of the molecule is CCO[Si](CCCS(=O)(=O)N=[N+]=[N-])(OCC)OCC. The molecule has 0 atom stereocenters. The molecule has 0 heterocycles. The predicted octanol–water partition coefficient (Wildman–Crippen LogP) is 2.06. The maximum Gasteiger partial charge on any atom is 0.500 e. The first-order valence-electron chi connectivity index (χ1n) is 6.16. The zero-order valence-electron chi connectivity index (χ0n) is 11.5. The van der Waals surface area contributed by atoms with Gasteiger partial charge >= 0.3 is 8.80 Å². The normalized spacial score (nSPS) is 12.2. The Morgan fingerprint density at radius 3 is 1.95 bits per heavy atom. The highest BCUT2D eigenvalue weighted by Crippen LogP contribution is 2.19. The van der Waals surface area contributed by atoms with Crippen molar-refractivity contribution in [3.63, 3.8) is 0 Å². The minimum Gasteiger partial charge on any atom is -0.374 e. The molecular formula is C9H21N3O5SSi. The van der Waals surface area contributed by atoms with Crippen LogP contribution in [0.1, 0.15) is 27.2 Å². The highest BCUT2D eigenvalue weighted by Gasteiger charge is 2.40. The van der Waals surface area contributed by atoms with Crippen molar-refractivity contribution in [3.05, 3.63) is 10.4 Å². The lowest BCUT2D eigenvalue weighted by atomic mass is 10.6. The monoisotopic (exact) mass is 311 g/mol. The lowest BCUT2D eigenvalue weighted by Gasteiger charge is -2.28. The molecule has 0 aromatic heterocycles. The summed E-state index contributed by atoms with van der Waals surface area (Å²) >= 11 is 0. The van der Waals surface area contributed by atoms with E-state index in [9.17, 15) is 8.42 Å². The van der Waals surface area contributed by atoms with Crippen LogP contribution in [0.4, 0.5) is 0 Å². The molecule has 0 N–H and O–H groups in total. The van der Waals surface area contributed by atoms with E-state index in [1.54, 1.807) is 0 Å². The number of sulfonamides is 1. The Balaban J connectivity index is 4.60. The molecule has 0 aliphatic rings. The first-order chi connectivity index (χ1) is 8.95. The van der Waals surface area contributed by atoms with Crippen LogP contribution in [0.2, 0.25) is 6.04 Å². The molecule has 0 bridgehead atoms. The minimum atomic E-state index is -3.74. The molecule has 0 aliphatic carbocycles. The van der Waals surface area contributed by atoms with Crippen molar-refractivity contribution in [1.82, 2.24) is 0 Å². The van der Waals surface area contributed by atoms with Gasteiger partial charge < -0.3 is 13.3 Å². The molecule has 0 spiro atoms. The molecule has 0 aromatic rings. The quantitative estimate of drug-likeness (QED) is 0.251. The van der Waals surface area contributed by atoms with Gasteiger partial charge in [0.25, 0.3) is 0 Å². The Morgan fingerprint density at radius 1 is 1.11 bits per heavy atom. The Bertz CT molecular complexity index is 380. The van der Waals surface area contributed by atoms with E-state index in [0.29, 0.717) is 25.9 Å². The summed E-state index contributed by atoms with van der Waals surface area (Å²) in [4.78, 5) is 2.29. The van der Waals surface area contributed by atoms with Gasteiger partial charge in [-0.25, -0.2) is 8.42 Å². The fourth-order valence-corrected chi connectivity index (χ4v) is 5.14. The summed E-state index contributed by atoms with van der Waals surface area (Å²) in [5.74, 6) is -0.237. The number of nitrogens with zero attached hydrogens (tertiary/aromatic N) is 3. The third-order valence-electron chi connectivity index (χ3n) is 2.14. The number of hydrogen-bond donors (Lipinski definition) is 0. The first-order valence-corrected chi connectivity index (χ1v) is 9.70. The molecule has 0 saturated heterocycles. The van der Waals surface area contributed by atoms with Crippen LogP contribution in [0, 0.1) is 0 Å². The summed E-state index contributed by atoms with van der Waals surface area (Å²) in [5, 5.41) is 0. The van der Waals surface area contributed by atoms with E-state index in [0.717, 1.165) is 0 Å². The van der Waals surface area contributed by atoms with Crippen molar-refractivity contribution in [3.8, 4) is 0 Å². The lowest BCUT2D eigenvalue weighted by molar-refractivity contribution is 0.0712. The van der Waals surface area contributed by atoms with Crippen LogP contribution in [0.25, 0.3) is 10.4 Å². The number of azide groups is 1. The summed E-state index contributed by atoms with van der Waals surface area (Å²) < 4.78 is 42.0. The molecule has 0 radical (unpaired) electrons. The van der Waals surface area contributed by atoms with Gasteiger partial charge in [-0.1, -0.05) is 0 Å². The minimum absolute atomic E-state index is 0.237. The van der Waals surface area contributed by atoms with Gasteiger partial charge in [-0.2, -0.15) is 0 Å². The van der Waals surface area contributed by atoms with Gasteiger partial charge in [0, 0.05) is 35.3 Å². The molecule has 0 aromatic carbocycles. The second kappa shape index (κ2) is 9.29. The van der Waals surface area contributed by atoms with Crippen molar-refractivity contribution in [2.75, 3.05) is 25.6 Å². The molecule has 0 fully saturated rings. The molecule has 19 heavy (non-hydrogen) atoms. The summed E-state index contributed by atoms with van der Waals surface area (Å²) in [6.07, 6.45) is 0.271. The predicted molar refractivity (Wildman–Crippen MR) is 73.0 cm³/mol. The van der Waals surface area contributed by atoms with Crippen LogP contribution in [0.3, 0.4) is 0 Å². The summed E-state index contributed by atoms with van der Waals surface area (Å²) in [6, 6.07) is 0.378. The Labute approximate surface area is 115 Å². The molecule has 0 saturated carbocycles. The van der Waals surface area contributed by atoms with Crippen LogP contribution in [0.15, 0.2) is 4.52 Å². The number of rotatable bonds is 11. The van der Waals surface area contributed by atoms with Gasteiger partial charge in [0.1, 0.15) is 0 Å². The van der Waals surface area contributed by atoms with Gasteiger partial charge in [0.15, 0.2) is 0 Å². The third-order valence-corrected chi connectivity index (χ3v) is 6.42. The third kappa shape index (κ3) is 7.50. The van der Waals surface area contributed by atoms with E-state index >= 15 is 0 Å². The lowest BCUT2D eigenvalue weighted by Crippen LogP contribution is -2.46. The van der Waals surface area contributed by atoms with Crippen molar-refractivity contribution in [2.45, 2.75) is 33.2 Å². The van der Waals surface area contributed by atoms with E-state index in [1.807, 2.05) is 20.8 Å². The maximum absolute atomic E-state index is 11.3. The summed E-state index contributed by atoms with van der Waals surface area (Å²) in [6.45, 7) is 6.81. The maximum atomic E-state index is 11.3. The van der Waals surface area contributed by atoms with Crippen molar-refractivity contribution in [2.24, 2.45) is 4.52 Å². The Hall–Kier alpha value is -0.643.